The summed E-state index contributed by atoms with van der Waals surface area (Å²) >= 11 is 6.23. The van der Waals surface area contributed by atoms with Gasteiger partial charge in [0.25, 0.3) is 0 Å². The first-order chi connectivity index (χ1) is 9.28. The van der Waals surface area contributed by atoms with Crippen molar-refractivity contribution in [2.24, 2.45) is 0 Å². The maximum atomic E-state index is 6.23. The van der Waals surface area contributed by atoms with E-state index >= 15 is 0 Å². The SMILES string of the molecule is CNc1ncc(Cl)c(N2CCC(N3CCCC3)C2)n1. The summed E-state index contributed by atoms with van der Waals surface area (Å²) in [6.07, 6.45) is 5.57. The minimum Gasteiger partial charge on any atom is -0.357 e. The van der Waals surface area contributed by atoms with Crippen LogP contribution in [0.1, 0.15) is 19.3 Å². The molecule has 104 valence electrons. The summed E-state index contributed by atoms with van der Waals surface area (Å²) in [6.45, 7) is 4.55. The van der Waals surface area contributed by atoms with Crippen molar-refractivity contribution < 1.29 is 0 Å². The number of nitrogens with one attached hydrogen (secondary N) is 1. The molecule has 0 spiro atoms. The fraction of sp³-hybridized carbons (Fsp3) is 0.692. The molecular weight excluding hydrogens is 262 g/mol. The Morgan fingerprint density at radius 2 is 2.11 bits per heavy atom. The van der Waals surface area contributed by atoms with E-state index < -0.39 is 0 Å². The van der Waals surface area contributed by atoms with Crippen LogP contribution in [0.4, 0.5) is 11.8 Å². The molecule has 1 atom stereocenters. The lowest BCUT2D eigenvalue weighted by Crippen LogP contribution is -2.35. The van der Waals surface area contributed by atoms with Crippen LogP contribution in [0, 0.1) is 0 Å². The van der Waals surface area contributed by atoms with Gasteiger partial charge in [-0.05, 0) is 32.4 Å². The molecule has 1 N–H and O–H groups in total. The number of hydrogen-bond acceptors (Lipinski definition) is 5. The standard InChI is InChI=1S/C13H20ClN5/c1-15-13-16-8-11(14)12(17-13)19-7-4-10(9-19)18-5-2-3-6-18/h8,10H,2-7,9H2,1H3,(H,15,16,17). The molecule has 0 radical (unpaired) electrons. The van der Waals surface area contributed by atoms with Gasteiger partial charge in [0.05, 0.1) is 6.20 Å². The van der Waals surface area contributed by atoms with E-state index in [2.05, 4.69) is 25.1 Å². The molecule has 2 aliphatic rings. The molecule has 2 saturated heterocycles. The molecule has 6 heteroatoms. The highest BCUT2D eigenvalue weighted by atomic mass is 35.5. The Balaban J connectivity index is 1.73. The molecule has 3 rings (SSSR count). The van der Waals surface area contributed by atoms with E-state index in [1.165, 1.54) is 32.4 Å². The van der Waals surface area contributed by atoms with Crippen molar-refractivity contribution in [3.8, 4) is 0 Å². The van der Waals surface area contributed by atoms with Crippen molar-refractivity contribution in [3.05, 3.63) is 11.2 Å². The van der Waals surface area contributed by atoms with Crippen LogP contribution in [0.15, 0.2) is 6.20 Å². The maximum absolute atomic E-state index is 6.23. The lowest BCUT2D eigenvalue weighted by Gasteiger charge is -2.24. The zero-order valence-electron chi connectivity index (χ0n) is 11.3. The lowest BCUT2D eigenvalue weighted by atomic mass is 10.2. The van der Waals surface area contributed by atoms with Gasteiger partial charge in [0, 0.05) is 26.2 Å². The van der Waals surface area contributed by atoms with Crippen LogP contribution in [0.2, 0.25) is 5.02 Å². The van der Waals surface area contributed by atoms with E-state index in [0.29, 0.717) is 17.0 Å². The third-order valence-electron chi connectivity index (χ3n) is 4.07. The maximum Gasteiger partial charge on any atom is 0.224 e. The molecule has 1 unspecified atom stereocenters. The Bertz CT molecular complexity index is 447. The van der Waals surface area contributed by atoms with Gasteiger partial charge in [-0.15, -0.1) is 0 Å². The third kappa shape index (κ3) is 2.62. The topological polar surface area (TPSA) is 44.3 Å². The van der Waals surface area contributed by atoms with Crippen molar-refractivity contribution in [2.45, 2.75) is 25.3 Å². The van der Waals surface area contributed by atoms with Gasteiger partial charge in [-0.3, -0.25) is 4.90 Å². The zero-order chi connectivity index (χ0) is 13.2. The van der Waals surface area contributed by atoms with Gasteiger partial charge in [0.2, 0.25) is 5.95 Å². The average Bonchev–Trinajstić information content (AvgIpc) is 3.10. The molecule has 3 heterocycles. The first-order valence-corrected chi connectivity index (χ1v) is 7.35. The van der Waals surface area contributed by atoms with Gasteiger partial charge >= 0.3 is 0 Å². The van der Waals surface area contributed by atoms with Gasteiger partial charge in [-0.1, -0.05) is 11.6 Å². The van der Waals surface area contributed by atoms with Crippen molar-refractivity contribution in [1.29, 1.82) is 0 Å². The Kier molecular flexibility index (Phi) is 3.75. The largest absolute Gasteiger partial charge is 0.357 e. The second-order valence-electron chi connectivity index (χ2n) is 5.25. The summed E-state index contributed by atoms with van der Waals surface area (Å²) in [5.74, 6) is 1.49. The average molecular weight is 282 g/mol. The summed E-state index contributed by atoms with van der Waals surface area (Å²) in [5, 5.41) is 3.61. The number of nitrogens with zero attached hydrogens (tertiary/aromatic N) is 4. The number of likely N-dealkylation sites (tertiary alicyclic amines) is 1. The summed E-state index contributed by atoms with van der Waals surface area (Å²) in [7, 11) is 1.82. The molecule has 2 aliphatic heterocycles. The Labute approximate surface area is 119 Å². The van der Waals surface area contributed by atoms with Crippen LogP contribution < -0.4 is 10.2 Å². The van der Waals surface area contributed by atoms with E-state index in [1.807, 2.05) is 7.05 Å². The first-order valence-electron chi connectivity index (χ1n) is 6.97. The van der Waals surface area contributed by atoms with Crippen molar-refractivity contribution >= 4 is 23.4 Å². The second kappa shape index (κ2) is 5.51. The monoisotopic (exact) mass is 281 g/mol. The van der Waals surface area contributed by atoms with Crippen LogP contribution in [-0.4, -0.2) is 54.1 Å². The zero-order valence-corrected chi connectivity index (χ0v) is 12.0. The van der Waals surface area contributed by atoms with E-state index in [9.17, 15) is 0 Å². The highest BCUT2D eigenvalue weighted by Crippen LogP contribution is 2.29. The predicted molar refractivity (Wildman–Crippen MR) is 78.0 cm³/mol. The molecule has 0 aliphatic carbocycles. The van der Waals surface area contributed by atoms with Gasteiger partial charge in [-0.2, -0.15) is 4.98 Å². The number of anilines is 2. The number of rotatable bonds is 3. The van der Waals surface area contributed by atoms with Crippen LogP contribution in [0.5, 0.6) is 0 Å². The molecule has 1 aromatic rings. The second-order valence-corrected chi connectivity index (χ2v) is 5.65. The molecule has 0 saturated carbocycles. The minimum absolute atomic E-state index is 0.629. The molecule has 1 aromatic heterocycles. The normalized spacial score (nSPS) is 24.1. The van der Waals surface area contributed by atoms with E-state index in [1.54, 1.807) is 6.20 Å². The van der Waals surface area contributed by atoms with Crippen LogP contribution in [0.3, 0.4) is 0 Å². The smallest absolute Gasteiger partial charge is 0.224 e. The number of hydrogen-bond donors (Lipinski definition) is 1. The minimum atomic E-state index is 0.629. The number of aromatic nitrogens is 2. The van der Waals surface area contributed by atoms with Crippen LogP contribution in [0.25, 0.3) is 0 Å². The molecule has 0 bridgehead atoms. The van der Waals surface area contributed by atoms with E-state index in [-0.39, 0.29) is 0 Å². The van der Waals surface area contributed by atoms with Gasteiger partial charge in [-0.25, -0.2) is 4.98 Å². The predicted octanol–water partition coefficient (Wildman–Crippen LogP) is 1.85. The molecule has 2 fully saturated rings. The molecule has 19 heavy (non-hydrogen) atoms. The summed E-state index contributed by atoms with van der Waals surface area (Å²) in [4.78, 5) is 13.5. The van der Waals surface area contributed by atoms with Crippen LogP contribution in [-0.2, 0) is 0 Å². The highest BCUT2D eigenvalue weighted by Gasteiger charge is 2.30. The lowest BCUT2D eigenvalue weighted by molar-refractivity contribution is 0.260. The van der Waals surface area contributed by atoms with E-state index in [0.717, 1.165) is 18.9 Å². The van der Waals surface area contributed by atoms with Gasteiger partial charge < -0.3 is 10.2 Å². The Morgan fingerprint density at radius 1 is 1.32 bits per heavy atom. The van der Waals surface area contributed by atoms with Crippen LogP contribution >= 0.6 is 11.6 Å². The highest BCUT2D eigenvalue weighted by molar-refractivity contribution is 6.32. The summed E-state index contributed by atoms with van der Waals surface area (Å²) in [5.41, 5.74) is 0. The molecule has 5 nitrogen and oxygen atoms in total. The van der Waals surface area contributed by atoms with Gasteiger partial charge in [0.15, 0.2) is 5.82 Å². The summed E-state index contributed by atoms with van der Waals surface area (Å²) in [6, 6.07) is 0.659. The number of halogens is 1. The van der Waals surface area contributed by atoms with Crippen molar-refractivity contribution in [3.63, 3.8) is 0 Å². The third-order valence-corrected chi connectivity index (χ3v) is 4.34. The van der Waals surface area contributed by atoms with Gasteiger partial charge in [0.1, 0.15) is 5.02 Å². The van der Waals surface area contributed by atoms with Crippen molar-refractivity contribution in [2.75, 3.05) is 43.4 Å². The molecule has 0 amide bonds. The molecular formula is C13H20ClN5. The fourth-order valence-electron chi connectivity index (χ4n) is 3.04. The fourth-order valence-corrected chi connectivity index (χ4v) is 3.25. The quantitative estimate of drug-likeness (QED) is 0.916. The Hall–Kier alpha value is -1.07. The Morgan fingerprint density at radius 3 is 2.84 bits per heavy atom. The van der Waals surface area contributed by atoms with Crippen molar-refractivity contribution in [1.82, 2.24) is 14.9 Å². The summed E-state index contributed by atoms with van der Waals surface area (Å²) < 4.78 is 0. The first kappa shape index (κ1) is 12.9. The molecule has 0 aromatic carbocycles. The van der Waals surface area contributed by atoms with E-state index in [4.69, 9.17) is 11.6 Å².